The summed E-state index contributed by atoms with van der Waals surface area (Å²) in [6, 6.07) is 6.97. The minimum Gasteiger partial charge on any atom is -0.290 e. The van der Waals surface area contributed by atoms with Crippen molar-refractivity contribution in [3.05, 3.63) is 64.8 Å². The zero-order valence-corrected chi connectivity index (χ0v) is 7.71. The molecule has 0 saturated heterocycles. The van der Waals surface area contributed by atoms with E-state index in [1.807, 2.05) is 12.1 Å². The van der Waals surface area contributed by atoms with Crippen LogP contribution in [0.25, 0.3) is 5.57 Å². The zero-order chi connectivity index (χ0) is 9.84. The van der Waals surface area contributed by atoms with Crippen molar-refractivity contribution in [2.75, 3.05) is 0 Å². The van der Waals surface area contributed by atoms with Gasteiger partial charge in [0.25, 0.3) is 0 Å². The molecule has 0 aliphatic heterocycles. The lowest BCUT2D eigenvalue weighted by Gasteiger charge is -1.95. The van der Waals surface area contributed by atoms with E-state index in [1.165, 1.54) is 0 Å². The van der Waals surface area contributed by atoms with E-state index >= 15 is 0 Å². The Morgan fingerprint density at radius 2 is 2.15 bits per heavy atom. The van der Waals surface area contributed by atoms with Gasteiger partial charge in [0.2, 0.25) is 0 Å². The van der Waals surface area contributed by atoms with E-state index in [-0.39, 0.29) is 5.43 Å². The molecule has 1 rings (SSSR count). The van der Waals surface area contributed by atoms with E-state index in [0.29, 0.717) is 0 Å². The maximum absolute atomic E-state index is 11.2. The largest absolute Gasteiger partial charge is 0.290 e. The van der Waals surface area contributed by atoms with Gasteiger partial charge in [-0.15, -0.1) is 0 Å². The van der Waals surface area contributed by atoms with Gasteiger partial charge in [-0.3, -0.25) is 4.79 Å². The number of allylic oxidation sites excluding steroid dienone is 2. The first-order chi connectivity index (χ1) is 6.15. The smallest absolute Gasteiger partial charge is 0.181 e. The molecule has 13 heavy (non-hydrogen) atoms. The van der Waals surface area contributed by atoms with Crippen molar-refractivity contribution in [1.29, 1.82) is 0 Å². The summed E-state index contributed by atoms with van der Waals surface area (Å²) >= 11 is 0. The van der Waals surface area contributed by atoms with Crippen LogP contribution in [0.15, 0.2) is 48.3 Å². The molecule has 0 bridgehead atoms. The van der Waals surface area contributed by atoms with Crippen LogP contribution < -0.4 is 5.43 Å². The topological polar surface area (TPSA) is 17.1 Å². The first-order valence-electron chi connectivity index (χ1n) is 4.08. The first-order valence-corrected chi connectivity index (χ1v) is 4.08. The van der Waals surface area contributed by atoms with E-state index in [9.17, 15) is 4.79 Å². The maximum Gasteiger partial charge on any atom is 0.181 e. The molecule has 0 heterocycles. The van der Waals surface area contributed by atoms with Crippen LogP contribution in [0, 0.1) is 6.92 Å². The highest BCUT2D eigenvalue weighted by Crippen LogP contribution is 2.11. The lowest BCUT2D eigenvalue weighted by atomic mass is 10.1. The van der Waals surface area contributed by atoms with Gasteiger partial charge in [0.1, 0.15) is 0 Å². The van der Waals surface area contributed by atoms with Crippen molar-refractivity contribution >= 4 is 5.57 Å². The van der Waals surface area contributed by atoms with Gasteiger partial charge in [-0.25, -0.2) is 0 Å². The Labute approximate surface area is 78.0 Å². The van der Waals surface area contributed by atoms with E-state index < -0.39 is 0 Å². The van der Waals surface area contributed by atoms with Gasteiger partial charge in [0.05, 0.1) is 0 Å². The standard InChI is InChI=1S/C12H12O/c1-4-9(2)11-6-5-7-12(13)10(3)8-11/h4-8H,1-2H2,3H3. The second kappa shape index (κ2) is 3.85. The number of hydrogen-bond acceptors (Lipinski definition) is 1. The normalized spacial score (nSPS) is 9.31. The van der Waals surface area contributed by atoms with Gasteiger partial charge in [0.15, 0.2) is 5.43 Å². The Hall–Kier alpha value is -1.63. The lowest BCUT2D eigenvalue weighted by molar-refractivity contribution is 1.43. The maximum atomic E-state index is 11.2. The number of aryl methyl sites for hydroxylation is 1. The third-order valence-corrected chi connectivity index (χ3v) is 1.90. The van der Waals surface area contributed by atoms with E-state index in [2.05, 4.69) is 13.2 Å². The summed E-state index contributed by atoms with van der Waals surface area (Å²) in [6.07, 6.45) is 1.68. The van der Waals surface area contributed by atoms with Crippen LogP contribution >= 0.6 is 0 Å². The second-order valence-electron chi connectivity index (χ2n) is 2.90. The van der Waals surface area contributed by atoms with Gasteiger partial charge in [0, 0.05) is 0 Å². The van der Waals surface area contributed by atoms with Gasteiger partial charge < -0.3 is 0 Å². The van der Waals surface area contributed by atoms with Crippen LogP contribution in [0.1, 0.15) is 11.1 Å². The summed E-state index contributed by atoms with van der Waals surface area (Å²) in [7, 11) is 0. The Morgan fingerprint density at radius 3 is 2.77 bits per heavy atom. The highest BCUT2D eigenvalue weighted by molar-refractivity contribution is 5.71. The summed E-state index contributed by atoms with van der Waals surface area (Å²) in [6.45, 7) is 9.25. The molecule has 0 unspecified atom stereocenters. The van der Waals surface area contributed by atoms with E-state index in [1.54, 1.807) is 25.1 Å². The molecule has 0 aliphatic rings. The molecule has 1 nitrogen and oxygen atoms in total. The van der Waals surface area contributed by atoms with Crippen molar-refractivity contribution in [3.8, 4) is 0 Å². The van der Waals surface area contributed by atoms with Crippen molar-refractivity contribution < 1.29 is 0 Å². The van der Waals surface area contributed by atoms with Crippen LogP contribution in [-0.4, -0.2) is 0 Å². The molecule has 0 spiro atoms. The second-order valence-corrected chi connectivity index (χ2v) is 2.90. The molecule has 1 heteroatoms. The molecule has 0 N–H and O–H groups in total. The lowest BCUT2D eigenvalue weighted by Crippen LogP contribution is -1.97. The highest BCUT2D eigenvalue weighted by atomic mass is 16.1. The summed E-state index contributed by atoms with van der Waals surface area (Å²) in [5.41, 5.74) is 2.54. The summed E-state index contributed by atoms with van der Waals surface area (Å²) in [5, 5.41) is 0. The van der Waals surface area contributed by atoms with Crippen LogP contribution in [0.5, 0.6) is 0 Å². The fourth-order valence-electron chi connectivity index (χ4n) is 1.04. The Kier molecular flexibility index (Phi) is 2.80. The Balaban J connectivity index is 3.37. The van der Waals surface area contributed by atoms with Crippen LogP contribution in [-0.2, 0) is 0 Å². The molecule has 0 fully saturated rings. The van der Waals surface area contributed by atoms with Crippen molar-refractivity contribution in [2.45, 2.75) is 6.92 Å². The predicted molar refractivity (Wildman–Crippen MR) is 56.7 cm³/mol. The quantitative estimate of drug-likeness (QED) is 0.626. The van der Waals surface area contributed by atoms with Gasteiger partial charge >= 0.3 is 0 Å². The van der Waals surface area contributed by atoms with Crippen molar-refractivity contribution in [2.24, 2.45) is 0 Å². The van der Waals surface area contributed by atoms with Gasteiger partial charge in [-0.2, -0.15) is 0 Å². The molecule has 1 aromatic rings. The average molecular weight is 172 g/mol. The van der Waals surface area contributed by atoms with Crippen LogP contribution in [0.4, 0.5) is 0 Å². The Morgan fingerprint density at radius 1 is 1.46 bits per heavy atom. The summed E-state index contributed by atoms with van der Waals surface area (Å²) in [5.74, 6) is 0. The average Bonchev–Trinajstić information content (AvgIpc) is 2.28. The molecule has 0 aromatic heterocycles. The summed E-state index contributed by atoms with van der Waals surface area (Å²) < 4.78 is 0. The minimum absolute atomic E-state index is 0.0445. The fraction of sp³-hybridized carbons (Fsp3) is 0.0833. The van der Waals surface area contributed by atoms with E-state index in [4.69, 9.17) is 0 Å². The van der Waals surface area contributed by atoms with Crippen LogP contribution in [0.2, 0.25) is 0 Å². The van der Waals surface area contributed by atoms with Crippen molar-refractivity contribution in [3.63, 3.8) is 0 Å². The van der Waals surface area contributed by atoms with Crippen molar-refractivity contribution in [1.82, 2.24) is 0 Å². The third kappa shape index (κ3) is 2.15. The van der Waals surface area contributed by atoms with Crippen LogP contribution in [0.3, 0.4) is 0 Å². The molecular weight excluding hydrogens is 160 g/mol. The predicted octanol–water partition coefficient (Wildman–Crippen LogP) is 2.55. The van der Waals surface area contributed by atoms with Gasteiger partial charge in [-0.05, 0) is 35.8 Å². The van der Waals surface area contributed by atoms with Gasteiger partial charge in [-0.1, -0.05) is 31.4 Å². The number of hydrogen-bond donors (Lipinski definition) is 0. The number of rotatable bonds is 2. The van der Waals surface area contributed by atoms with E-state index in [0.717, 1.165) is 16.7 Å². The molecule has 0 atom stereocenters. The zero-order valence-electron chi connectivity index (χ0n) is 7.71. The molecule has 0 saturated carbocycles. The Bertz CT molecular complexity index is 402. The molecule has 1 aromatic carbocycles. The third-order valence-electron chi connectivity index (χ3n) is 1.90. The molecule has 0 aliphatic carbocycles. The molecular formula is C12H12O. The highest BCUT2D eigenvalue weighted by Gasteiger charge is 1.95. The minimum atomic E-state index is 0.0445. The SMILES string of the molecule is C=CC(=C)c1cccc(=O)c(C)c1. The first kappa shape index (κ1) is 9.46. The monoisotopic (exact) mass is 172 g/mol. The fourth-order valence-corrected chi connectivity index (χ4v) is 1.04. The molecule has 66 valence electrons. The molecule has 0 amide bonds. The molecule has 0 radical (unpaired) electrons. The summed E-state index contributed by atoms with van der Waals surface area (Å²) in [4.78, 5) is 11.2.